The molecule has 1 saturated heterocycles. The molecule has 134 valence electrons. The molecule has 0 saturated carbocycles. The third-order valence-corrected chi connectivity index (χ3v) is 4.16. The summed E-state index contributed by atoms with van der Waals surface area (Å²) < 4.78 is 47.1. The van der Waals surface area contributed by atoms with Gasteiger partial charge in [-0.25, -0.2) is 13.2 Å². The molecule has 0 aliphatic carbocycles. The van der Waals surface area contributed by atoms with Crippen LogP contribution in [-0.4, -0.2) is 30.7 Å². The molecule has 1 aromatic carbocycles. The number of hydrogen-bond acceptors (Lipinski definition) is 4. The van der Waals surface area contributed by atoms with Gasteiger partial charge in [-0.2, -0.15) is 4.98 Å². The summed E-state index contributed by atoms with van der Waals surface area (Å²) >= 11 is 5.69. The number of rotatable bonds is 4. The number of benzene rings is 1. The SMILES string of the molecule is C[C@H]1CN(c2nc(OCc3ccc(Cl)cc3F)c(F)cc2F)CCN1. The van der Waals surface area contributed by atoms with Gasteiger partial charge >= 0.3 is 0 Å². The Hall–Kier alpha value is -1.99. The average Bonchev–Trinajstić information content (AvgIpc) is 2.55. The van der Waals surface area contributed by atoms with Crippen LogP contribution >= 0.6 is 11.6 Å². The second kappa shape index (κ2) is 7.49. The predicted octanol–water partition coefficient (Wildman–Crippen LogP) is 3.53. The highest BCUT2D eigenvalue weighted by molar-refractivity contribution is 6.30. The molecule has 25 heavy (non-hydrogen) atoms. The number of piperazine rings is 1. The van der Waals surface area contributed by atoms with Gasteiger partial charge in [0.25, 0.3) is 5.88 Å². The van der Waals surface area contributed by atoms with Crippen molar-refractivity contribution in [1.82, 2.24) is 10.3 Å². The smallest absolute Gasteiger partial charge is 0.252 e. The molecule has 1 N–H and O–H groups in total. The second-order valence-electron chi connectivity index (χ2n) is 5.91. The number of ether oxygens (including phenoxy) is 1. The molecule has 0 amide bonds. The molecule has 2 heterocycles. The van der Waals surface area contributed by atoms with Crippen LogP contribution in [0.15, 0.2) is 24.3 Å². The highest BCUT2D eigenvalue weighted by Crippen LogP contribution is 2.26. The number of pyridine rings is 1. The first-order valence-corrected chi connectivity index (χ1v) is 8.23. The Labute approximate surface area is 148 Å². The Kier molecular flexibility index (Phi) is 5.34. The first-order valence-electron chi connectivity index (χ1n) is 7.85. The van der Waals surface area contributed by atoms with Gasteiger partial charge in [0.1, 0.15) is 12.4 Å². The molecule has 0 spiro atoms. The highest BCUT2D eigenvalue weighted by Gasteiger charge is 2.22. The van der Waals surface area contributed by atoms with E-state index in [2.05, 4.69) is 10.3 Å². The van der Waals surface area contributed by atoms with Gasteiger partial charge in [-0.15, -0.1) is 0 Å². The van der Waals surface area contributed by atoms with Crippen LogP contribution in [0.4, 0.5) is 19.0 Å². The van der Waals surface area contributed by atoms with E-state index >= 15 is 0 Å². The van der Waals surface area contributed by atoms with E-state index in [1.807, 2.05) is 6.92 Å². The molecule has 3 rings (SSSR count). The van der Waals surface area contributed by atoms with Gasteiger partial charge in [-0.1, -0.05) is 17.7 Å². The number of aromatic nitrogens is 1. The topological polar surface area (TPSA) is 37.4 Å². The van der Waals surface area contributed by atoms with Crippen molar-refractivity contribution < 1.29 is 17.9 Å². The first-order chi connectivity index (χ1) is 11.9. The summed E-state index contributed by atoms with van der Waals surface area (Å²) in [6.45, 7) is 3.49. The van der Waals surface area contributed by atoms with Crippen molar-refractivity contribution in [3.63, 3.8) is 0 Å². The fraction of sp³-hybridized carbons (Fsp3) is 0.353. The Morgan fingerprint density at radius 1 is 1.24 bits per heavy atom. The van der Waals surface area contributed by atoms with E-state index in [-0.39, 0.29) is 34.9 Å². The molecule has 4 nitrogen and oxygen atoms in total. The molecule has 0 bridgehead atoms. The summed E-state index contributed by atoms with van der Waals surface area (Å²) in [5.41, 5.74) is 0.201. The van der Waals surface area contributed by atoms with Gasteiger partial charge in [-0.05, 0) is 19.1 Å². The molecule has 1 fully saturated rings. The van der Waals surface area contributed by atoms with Crippen LogP contribution in [0.3, 0.4) is 0 Å². The fourth-order valence-corrected chi connectivity index (χ4v) is 2.83. The third-order valence-electron chi connectivity index (χ3n) is 3.93. The van der Waals surface area contributed by atoms with Crippen LogP contribution in [0.2, 0.25) is 5.02 Å². The predicted molar refractivity (Wildman–Crippen MR) is 89.6 cm³/mol. The van der Waals surface area contributed by atoms with Crippen molar-refractivity contribution in [3.05, 3.63) is 52.3 Å². The Balaban J connectivity index is 1.80. The molecule has 0 unspecified atom stereocenters. The molecular weight excluding hydrogens is 355 g/mol. The quantitative estimate of drug-likeness (QED) is 0.892. The van der Waals surface area contributed by atoms with Crippen LogP contribution < -0.4 is 15.0 Å². The summed E-state index contributed by atoms with van der Waals surface area (Å²) in [6.07, 6.45) is 0. The van der Waals surface area contributed by atoms with Crippen LogP contribution in [0.25, 0.3) is 0 Å². The van der Waals surface area contributed by atoms with E-state index in [1.54, 1.807) is 4.90 Å². The number of halogens is 4. The lowest BCUT2D eigenvalue weighted by atomic mass is 10.2. The standard InChI is InChI=1S/C17H17ClF3N3O/c1-10-8-24(5-4-22-10)16-14(20)7-15(21)17(23-16)25-9-11-2-3-12(18)6-13(11)19/h2-3,6-7,10,22H,4-5,8-9H2,1H3/t10-/m0/s1. The van der Waals surface area contributed by atoms with Crippen molar-refractivity contribution in [1.29, 1.82) is 0 Å². The minimum absolute atomic E-state index is 0.0290. The Morgan fingerprint density at radius 2 is 2.04 bits per heavy atom. The molecule has 1 aliphatic heterocycles. The third kappa shape index (κ3) is 4.16. The zero-order valence-corrected chi connectivity index (χ0v) is 14.3. The summed E-state index contributed by atoms with van der Waals surface area (Å²) in [6, 6.07) is 4.99. The number of nitrogens with zero attached hydrogens (tertiary/aromatic N) is 2. The van der Waals surface area contributed by atoms with Gasteiger partial charge < -0.3 is 15.0 Å². The highest BCUT2D eigenvalue weighted by atomic mass is 35.5. The first kappa shape index (κ1) is 17.8. The van der Waals surface area contributed by atoms with Crippen molar-refractivity contribution >= 4 is 17.4 Å². The number of nitrogens with one attached hydrogen (secondary N) is 1. The maximum Gasteiger partial charge on any atom is 0.252 e. The van der Waals surface area contributed by atoms with Crippen molar-refractivity contribution in [3.8, 4) is 5.88 Å². The molecule has 1 aromatic heterocycles. The van der Waals surface area contributed by atoms with E-state index in [9.17, 15) is 13.2 Å². The monoisotopic (exact) mass is 371 g/mol. The zero-order valence-electron chi connectivity index (χ0n) is 13.5. The summed E-state index contributed by atoms with van der Waals surface area (Å²) in [4.78, 5) is 5.70. The minimum atomic E-state index is -0.932. The maximum atomic E-state index is 14.1. The van der Waals surface area contributed by atoms with E-state index in [0.29, 0.717) is 19.6 Å². The Bertz CT molecular complexity index is 775. The van der Waals surface area contributed by atoms with E-state index in [0.717, 1.165) is 12.1 Å². The summed E-state index contributed by atoms with van der Waals surface area (Å²) in [5.74, 6) is -2.58. The lowest BCUT2D eigenvalue weighted by molar-refractivity contribution is 0.270. The lowest BCUT2D eigenvalue weighted by Gasteiger charge is -2.33. The molecular formula is C17H17ClF3N3O. The van der Waals surface area contributed by atoms with Gasteiger partial charge in [-0.3, -0.25) is 0 Å². The summed E-state index contributed by atoms with van der Waals surface area (Å²) in [7, 11) is 0. The minimum Gasteiger partial charge on any atom is -0.471 e. The lowest BCUT2D eigenvalue weighted by Crippen LogP contribution is -2.49. The number of anilines is 1. The van der Waals surface area contributed by atoms with E-state index in [4.69, 9.17) is 16.3 Å². The normalized spacial score (nSPS) is 17.6. The van der Waals surface area contributed by atoms with Gasteiger partial charge in [0.05, 0.1) is 0 Å². The fourth-order valence-electron chi connectivity index (χ4n) is 2.67. The van der Waals surface area contributed by atoms with Crippen LogP contribution in [-0.2, 0) is 6.61 Å². The molecule has 2 aromatic rings. The van der Waals surface area contributed by atoms with Crippen molar-refractivity contribution in [2.75, 3.05) is 24.5 Å². The van der Waals surface area contributed by atoms with Crippen LogP contribution in [0, 0.1) is 17.5 Å². The molecule has 1 atom stereocenters. The maximum absolute atomic E-state index is 14.1. The zero-order chi connectivity index (χ0) is 18.0. The molecule has 8 heteroatoms. The van der Waals surface area contributed by atoms with Gasteiger partial charge in [0.15, 0.2) is 17.5 Å². The average molecular weight is 372 g/mol. The summed E-state index contributed by atoms with van der Waals surface area (Å²) in [5, 5.41) is 3.49. The Morgan fingerprint density at radius 3 is 2.76 bits per heavy atom. The molecule has 1 aliphatic rings. The van der Waals surface area contributed by atoms with Gasteiger partial charge in [0, 0.05) is 42.3 Å². The van der Waals surface area contributed by atoms with Crippen LogP contribution in [0.5, 0.6) is 5.88 Å². The molecule has 0 radical (unpaired) electrons. The number of hydrogen-bond donors (Lipinski definition) is 1. The van der Waals surface area contributed by atoms with Gasteiger partial charge in [0.2, 0.25) is 0 Å². The second-order valence-corrected chi connectivity index (χ2v) is 6.34. The van der Waals surface area contributed by atoms with E-state index in [1.165, 1.54) is 12.1 Å². The van der Waals surface area contributed by atoms with Crippen LogP contribution in [0.1, 0.15) is 12.5 Å². The van der Waals surface area contributed by atoms with Crippen molar-refractivity contribution in [2.45, 2.75) is 19.6 Å². The van der Waals surface area contributed by atoms with Crippen molar-refractivity contribution in [2.24, 2.45) is 0 Å². The largest absolute Gasteiger partial charge is 0.471 e. The van der Waals surface area contributed by atoms with E-state index < -0.39 is 17.5 Å².